The van der Waals surface area contributed by atoms with Crippen molar-refractivity contribution in [2.75, 3.05) is 0 Å². The lowest BCUT2D eigenvalue weighted by atomic mass is 9.94. The van der Waals surface area contributed by atoms with Crippen LogP contribution in [0.25, 0.3) is 0 Å². The second-order valence-corrected chi connectivity index (χ2v) is 4.99. The van der Waals surface area contributed by atoms with E-state index in [4.69, 9.17) is 5.11 Å². The summed E-state index contributed by atoms with van der Waals surface area (Å²) < 4.78 is 2.06. The fraction of sp³-hybridized carbons (Fsp3) is 0.692. The van der Waals surface area contributed by atoms with E-state index in [0.717, 1.165) is 5.69 Å². The number of hydrogen-bond acceptors (Lipinski definition) is 2. The van der Waals surface area contributed by atoms with Crippen LogP contribution in [0.1, 0.15) is 63.1 Å². The van der Waals surface area contributed by atoms with Crippen LogP contribution >= 0.6 is 0 Å². The minimum Gasteiger partial charge on any atom is -0.481 e. The van der Waals surface area contributed by atoms with E-state index in [-0.39, 0.29) is 12.3 Å². The third kappa shape index (κ3) is 2.87. The summed E-state index contributed by atoms with van der Waals surface area (Å²) in [6, 6.07) is 2.44. The number of carbonyl (C=O) groups is 1. The molecule has 0 amide bonds. The molecule has 1 saturated carbocycles. The highest BCUT2D eigenvalue weighted by molar-refractivity contribution is 5.67. The van der Waals surface area contributed by atoms with Crippen LogP contribution in [0.2, 0.25) is 0 Å². The van der Waals surface area contributed by atoms with Crippen LogP contribution < -0.4 is 0 Å². The summed E-state index contributed by atoms with van der Waals surface area (Å²) in [7, 11) is 0. The van der Waals surface area contributed by atoms with E-state index in [0.29, 0.717) is 6.04 Å². The molecule has 1 N–H and O–H groups in total. The summed E-state index contributed by atoms with van der Waals surface area (Å²) >= 11 is 0. The van der Waals surface area contributed by atoms with Gasteiger partial charge < -0.3 is 5.11 Å². The standard InChI is InChI=1S/C13H20N2O2/c1-10(9-13(16)17)12-7-8-14-15(12)11-5-3-2-4-6-11/h7-8,10-11H,2-6,9H2,1H3,(H,16,17). The zero-order valence-electron chi connectivity index (χ0n) is 10.3. The molecule has 1 heterocycles. The van der Waals surface area contributed by atoms with E-state index in [1.54, 1.807) is 6.20 Å². The van der Waals surface area contributed by atoms with Gasteiger partial charge in [0.25, 0.3) is 0 Å². The van der Waals surface area contributed by atoms with E-state index in [2.05, 4.69) is 9.78 Å². The molecule has 1 aliphatic rings. The lowest BCUT2D eigenvalue weighted by Gasteiger charge is -2.25. The zero-order chi connectivity index (χ0) is 12.3. The van der Waals surface area contributed by atoms with Crippen molar-refractivity contribution in [1.82, 2.24) is 9.78 Å². The Labute approximate surface area is 102 Å². The molecule has 2 rings (SSSR count). The Morgan fingerprint density at radius 3 is 2.88 bits per heavy atom. The van der Waals surface area contributed by atoms with Crippen LogP contribution in [0, 0.1) is 0 Å². The molecule has 0 aliphatic heterocycles. The van der Waals surface area contributed by atoms with Gasteiger partial charge in [-0.3, -0.25) is 9.48 Å². The van der Waals surface area contributed by atoms with Crippen LogP contribution in [0.15, 0.2) is 12.3 Å². The Kier molecular flexibility index (Phi) is 3.82. The van der Waals surface area contributed by atoms with Crippen molar-refractivity contribution in [3.05, 3.63) is 18.0 Å². The number of carboxylic acid groups (broad SMARTS) is 1. The maximum atomic E-state index is 10.8. The highest BCUT2D eigenvalue weighted by atomic mass is 16.4. The molecule has 0 spiro atoms. The first kappa shape index (κ1) is 12.1. The van der Waals surface area contributed by atoms with Gasteiger partial charge in [-0.05, 0) is 18.9 Å². The minimum atomic E-state index is -0.742. The van der Waals surface area contributed by atoms with E-state index >= 15 is 0 Å². The Morgan fingerprint density at radius 2 is 2.24 bits per heavy atom. The maximum Gasteiger partial charge on any atom is 0.304 e. The number of carboxylic acids is 1. The van der Waals surface area contributed by atoms with Gasteiger partial charge in [-0.25, -0.2) is 0 Å². The monoisotopic (exact) mass is 236 g/mol. The first-order valence-corrected chi connectivity index (χ1v) is 6.43. The molecule has 1 aromatic rings. The lowest BCUT2D eigenvalue weighted by Crippen LogP contribution is -2.18. The van der Waals surface area contributed by atoms with Gasteiger partial charge in [-0.2, -0.15) is 5.10 Å². The molecular formula is C13H20N2O2. The Morgan fingerprint density at radius 1 is 1.53 bits per heavy atom. The molecule has 1 atom stereocenters. The van der Waals surface area contributed by atoms with Gasteiger partial charge in [0.2, 0.25) is 0 Å². The topological polar surface area (TPSA) is 55.1 Å². The maximum absolute atomic E-state index is 10.8. The minimum absolute atomic E-state index is 0.0388. The van der Waals surface area contributed by atoms with E-state index in [1.807, 2.05) is 13.0 Å². The highest BCUT2D eigenvalue weighted by Crippen LogP contribution is 2.31. The van der Waals surface area contributed by atoms with Crippen LogP contribution in [0.5, 0.6) is 0 Å². The van der Waals surface area contributed by atoms with Crippen molar-refractivity contribution in [2.45, 2.75) is 57.4 Å². The van der Waals surface area contributed by atoms with Crippen LogP contribution in [-0.4, -0.2) is 20.9 Å². The normalized spacial score (nSPS) is 19.1. The predicted octanol–water partition coefficient (Wildman–Crippen LogP) is 2.97. The first-order valence-electron chi connectivity index (χ1n) is 6.43. The molecule has 17 heavy (non-hydrogen) atoms. The number of rotatable bonds is 4. The average molecular weight is 236 g/mol. The fourth-order valence-corrected chi connectivity index (χ4v) is 2.71. The summed E-state index contributed by atoms with van der Waals surface area (Å²) in [5.74, 6) is -0.703. The van der Waals surface area contributed by atoms with Crippen molar-refractivity contribution < 1.29 is 9.90 Å². The molecule has 1 unspecified atom stereocenters. The van der Waals surface area contributed by atoms with Crippen molar-refractivity contribution in [3.63, 3.8) is 0 Å². The average Bonchev–Trinajstić information content (AvgIpc) is 2.78. The van der Waals surface area contributed by atoms with Crippen LogP contribution in [0.4, 0.5) is 0 Å². The first-order chi connectivity index (χ1) is 8.18. The van der Waals surface area contributed by atoms with Gasteiger partial charge in [0.1, 0.15) is 0 Å². The molecule has 4 heteroatoms. The summed E-state index contributed by atoms with van der Waals surface area (Å²) in [6.07, 6.45) is 8.16. The summed E-state index contributed by atoms with van der Waals surface area (Å²) in [5.41, 5.74) is 1.07. The third-order valence-electron chi connectivity index (χ3n) is 3.61. The van der Waals surface area contributed by atoms with Gasteiger partial charge in [-0.15, -0.1) is 0 Å². The Hall–Kier alpha value is -1.32. The third-order valence-corrected chi connectivity index (χ3v) is 3.61. The Balaban J connectivity index is 2.12. The second-order valence-electron chi connectivity index (χ2n) is 4.99. The zero-order valence-corrected chi connectivity index (χ0v) is 10.3. The van der Waals surface area contributed by atoms with E-state index < -0.39 is 5.97 Å². The highest BCUT2D eigenvalue weighted by Gasteiger charge is 2.21. The van der Waals surface area contributed by atoms with Gasteiger partial charge in [0, 0.05) is 17.8 Å². The molecular weight excluding hydrogens is 216 g/mol. The second kappa shape index (κ2) is 5.34. The molecule has 1 aromatic heterocycles. The summed E-state index contributed by atoms with van der Waals surface area (Å²) in [4.78, 5) is 10.8. The van der Waals surface area contributed by atoms with E-state index in [1.165, 1.54) is 32.1 Å². The van der Waals surface area contributed by atoms with Gasteiger partial charge in [0.15, 0.2) is 0 Å². The lowest BCUT2D eigenvalue weighted by molar-refractivity contribution is -0.137. The van der Waals surface area contributed by atoms with Crippen molar-refractivity contribution in [1.29, 1.82) is 0 Å². The summed E-state index contributed by atoms with van der Waals surface area (Å²) in [6.45, 7) is 1.96. The van der Waals surface area contributed by atoms with Gasteiger partial charge in [0.05, 0.1) is 12.5 Å². The van der Waals surface area contributed by atoms with Crippen molar-refractivity contribution in [2.24, 2.45) is 0 Å². The van der Waals surface area contributed by atoms with E-state index in [9.17, 15) is 4.79 Å². The predicted molar refractivity (Wildman–Crippen MR) is 65.0 cm³/mol. The Bertz CT molecular complexity index is 381. The molecule has 1 aliphatic carbocycles. The van der Waals surface area contributed by atoms with Gasteiger partial charge >= 0.3 is 5.97 Å². The molecule has 0 bridgehead atoms. The van der Waals surface area contributed by atoms with Crippen molar-refractivity contribution in [3.8, 4) is 0 Å². The van der Waals surface area contributed by atoms with Crippen molar-refractivity contribution >= 4 is 5.97 Å². The fourth-order valence-electron chi connectivity index (χ4n) is 2.71. The molecule has 4 nitrogen and oxygen atoms in total. The number of aromatic nitrogens is 2. The van der Waals surface area contributed by atoms with Gasteiger partial charge in [-0.1, -0.05) is 26.2 Å². The quantitative estimate of drug-likeness (QED) is 0.874. The number of aliphatic carboxylic acids is 1. The van der Waals surface area contributed by atoms with Crippen LogP contribution in [0.3, 0.4) is 0 Å². The molecule has 0 radical (unpaired) electrons. The molecule has 94 valence electrons. The number of hydrogen-bond donors (Lipinski definition) is 1. The molecule has 1 fully saturated rings. The SMILES string of the molecule is CC(CC(=O)O)c1ccnn1C1CCCCC1. The summed E-state index contributed by atoms with van der Waals surface area (Å²) in [5, 5.41) is 13.2. The molecule has 0 saturated heterocycles. The molecule has 0 aromatic carbocycles. The largest absolute Gasteiger partial charge is 0.481 e. The smallest absolute Gasteiger partial charge is 0.304 e. The number of nitrogens with zero attached hydrogens (tertiary/aromatic N) is 2. The van der Waals surface area contributed by atoms with Crippen LogP contribution in [-0.2, 0) is 4.79 Å².